The molecule has 0 radical (unpaired) electrons. The number of hydrogen-bond donors (Lipinski definition) is 0. The van der Waals surface area contributed by atoms with Crippen molar-refractivity contribution >= 4 is 17.8 Å². The van der Waals surface area contributed by atoms with Crippen molar-refractivity contribution in [2.75, 3.05) is 26.4 Å². The Morgan fingerprint density at radius 2 is 1.50 bits per heavy atom. The maximum atomic E-state index is 12.3. The van der Waals surface area contributed by atoms with E-state index < -0.39 is 5.97 Å². The van der Waals surface area contributed by atoms with Gasteiger partial charge in [-0.25, -0.2) is 4.79 Å². The minimum Gasteiger partial charge on any atom is -0.490 e. The Labute approximate surface area is 175 Å². The normalized spacial score (nSPS) is 12.7. The molecule has 0 atom stereocenters. The average molecular weight is 411 g/mol. The van der Waals surface area contributed by atoms with Crippen molar-refractivity contribution in [3.05, 3.63) is 59.2 Å². The van der Waals surface area contributed by atoms with Crippen LogP contribution in [0.1, 0.15) is 57.8 Å². The predicted octanol–water partition coefficient (Wildman–Crippen LogP) is 3.72. The number of ether oxygens (including phenoxy) is 3. The Kier molecular flexibility index (Phi) is 7.06. The summed E-state index contributed by atoms with van der Waals surface area (Å²) < 4.78 is 16.3. The third-order valence-corrected chi connectivity index (χ3v) is 4.67. The van der Waals surface area contributed by atoms with Gasteiger partial charge >= 0.3 is 5.97 Å². The van der Waals surface area contributed by atoms with Crippen LogP contribution in [0, 0.1) is 0 Å². The highest BCUT2D eigenvalue weighted by molar-refractivity contribution is 6.21. The summed E-state index contributed by atoms with van der Waals surface area (Å²) >= 11 is 0. The SMILES string of the molecule is CCOc1ccc(C(=O)OCCCCN2C(=O)c3ccccc3C2=O)cc1OCC. The lowest BCUT2D eigenvalue weighted by Gasteiger charge is -2.14. The lowest BCUT2D eigenvalue weighted by atomic mass is 10.1. The molecule has 0 N–H and O–H groups in total. The Morgan fingerprint density at radius 1 is 0.867 bits per heavy atom. The summed E-state index contributed by atoms with van der Waals surface area (Å²) in [7, 11) is 0. The molecule has 0 fully saturated rings. The molecule has 1 aliphatic heterocycles. The van der Waals surface area contributed by atoms with Crippen molar-refractivity contribution in [1.82, 2.24) is 4.90 Å². The molecule has 0 unspecified atom stereocenters. The van der Waals surface area contributed by atoms with Gasteiger partial charge in [-0.3, -0.25) is 14.5 Å². The molecule has 0 spiro atoms. The van der Waals surface area contributed by atoms with Gasteiger partial charge in [0.2, 0.25) is 0 Å². The van der Waals surface area contributed by atoms with Crippen LogP contribution in [0.5, 0.6) is 11.5 Å². The van der Waals surface area contributed by atoms with E-state index in [1.54, 1.807) is 42.5 Å². The molecule has 7 nitrogen and oxygen atoms in total. The number of nitrogens with zero attached hydrogens (tertiary/aromatic N) is 1. The van der Waals surface area contributed by atoms with Crippen molar-refractivity contribution < 1.29 is 28.6 Å². The number of unbranched alkanes of at least 4 members (excludes halogenated alkanes) is 1. The number of esters is 1. The third-order valence-electron chi connectivity index (χ3n) is 4.67. The summed E-state index contributed by atoms with van der Waals surface area (Å²) in [6, 6.07) is 11.7. The first-order chi connectivity index (χ1) is 14.6. The topological polar surface area (TPSA) is 82.1 Å². The molecule has 158 valence electrons. The molecular formula is C23H25NO6. The molecule has 0 aliphatic carbocycles. The van der Waals surface area contributed by atoms with Gasteiger partial charge in [0, 0.05) is 6.54 Å². The quantitative estimate of drug-likeness (QED) is 0.337. The van der Waals surface area contributed by atoms with Crippen LogP contribution < -0.4 is 9.47 Å². The second kappa shape index (κ2) is 9.91. The molecule has 0 saturated heterocycles. The zero-order valence-corrected chi connectivity index (χ0v) is 17.2. The number of hydrogen-bond acceptors (Lipinski definition) is 6. The zero-order valence-electron chi connectivity index (χ0n) is 17.2. The molecule has 7 heteroatoms. The molecule has 1 aliphatic rings. The molecule has 0 bridgehead atoms. The van der Waals surface area contributed by atoms with Gasteiger partial charge in [0.05, 0.1) is 36.5 Å². The molecule has 2 amide bonds. The van der Waals surface area contributed by atoms with Crippen LogP contribution in [0.15, 0.2) is 42.5 Å². The van der Waals surface area contributed by atoms with Crippen LogP contribution in [-0.2, 0) is 4.74 Å². The Bertz CT molecular complexity index is 904. The molecule has 3 rings (SSSR count). The van der Waals surface area contributed by atoms with E-state index >= 15 is 0 Å². The van der Waals surface area contributed by atoms with Crippen LogP contribution in [-0.4, -0.2) is 49.0 Å². The number of fused-ring (bicyclic) bond motifs is 1. The Hall–Kier alpha value is -3.35. The first-order valence-electron chi connectivity index (χ1n) is 10.1. The fourth-order valence-electron chi connectivity index (χ4n) is 3.24. The van der Waals surface area contributed by atoms with Gasteiger partial charge in [-0.15, -0.1) is 0 Å². The Balaban J connectivity index is 1.47. The predicted molar refractivity (Wildman–Crippen MR) is 110 cm³/mol. The highest BCUT2D eigenvalue weighted by Crippen LogP contribution is 2.29. The average Bonchev–Trinajstić information content (AvgIpc) is 3.00. The van der Waals surface area contributed by atoms with Gasteiger partial charge in [0.25, 0.3) is 11.8 Å². The van der Waals surface area contributed by atoms with E-state index in [2.05, 4.69) is 0 Å². The van der Waals surface area contributed by atoms with E-state index in [1.807, 2.05) is 13.8 Å². The van der Waals surface area contributed by atoms with Gasteiger partial charge < -0.3 is 14.2 Å². The summed E-state index contributed by atoms with van der Waals surface area (Å²) in [5, 5.41) is 0. The van der Waals surface area contributed by atoms with Crippen LogP contribution in [0.3, 0.4) is 0 Å². The van der Waals surface area contributed by atoms with Gasteiger partial charge in [-0.1, -0.05) is 12.1 Å². The molecule has 0 saturated carbocycles. The van der Waals surface area contributed by atoms with Crippen LogP contribution in [0.25, 0.3) is 0 Å². The second-order valence-electron chi connectivity index (χ2n) is 6.68. The standard InChI is InChI=1S/C23H25NO6/c1-3-28-19-12-11-16(15-20(19)29-4-2)23(27)30-14-8-7-13-24-21(25)17-9-5-6-10-18(17)22(24)26/h5-6,9-12,15H,3-4,7-8,13-14H2,1-2H3. The lowest BCUT2D eigenvalue weighted by Crippen LogP contribution is -2.30. The molecule has 30 heavy (non-hydrogen) atoms. The minimum absolute atomic E-state index is 0.194. The third kappa shape index (κ3) is 4.62. The molecule has 2 aromatic rings. The number of benzene rings is 2. The van der Waals surface area contributed by atoms with Gasteiger partial charge in [0.1, 0.15) is 0 Å². The van der Waals surface area contributed by atoms with E-state index in [-0.39, 0.29) is 18.4 Å². The first-order valence-corrected chi connectivity index (χ1v) is 10.1. The second-order valence-corrected chi connectivity index (χ2v) is 6.68. The molecule has 2 aromatic carbocycles. The number of amides is 2. The van der Waals surface area contributed by atoms with Crippen molar-refractivity contribution in [3.63, 3.8) is 0 Å². The van der Waals surface area contributed by atoms with E-state index in [0.717, 1.165) is 0 Å². The van der Waals surface area contributed by atoms with Gasteiger partial charge in [-0.05, 0) is 57.0 Å². The monoisotopic (exact) mass is 411 g/mol. The first kappa shape index (κ1) is 21.4. The van der Waals surface area contributed by atoms with Crippen molar-refractivity contribution in [2.24, 2.45) is 0 Å². The van der Waals surface area contributed by atoms with Crippen molar-refractivity contribution in [1.29, 1.82) is 0 Å². The summed E-state index contributed by atoms with van der Waals surface area (Å²) in [6.07, 6.45) is 1.08. The molecular weight excluding hydrogens is 386 g/mol. The van der Waals surface area contributed by atoms with Gasteiger partial charge in [-0.2, -0.15) is 0 Å². The summed E-state index contributed by atoms with van der Waals surface area (Å²) in [5.74, 6) is 0.0758. The van der Waals surface area contributed by atoms with Gasteiger partial charge in [0.15, 0.2) is 11.5 Å². The fourth-order valence-corrected chi connectivity index (χ4v) is 3.24. The number of imide groups is 1. The minimum atomic E-state index is -0.459. The summed E-state index contributed by atoms with van der Waals surface area (Å²) in [5.41, 5.74) is 1.26. The van der Waals surface area contributed by atoms with E-state index in [1.165, 1.54) is 4.90 Å². The highest BCUT2D eigenvalue weighted by Gasteiger charge is 2.34. The highest BCUT2D eigenvalue weighted by atomic mass is 16.5. The lowest BCUT2D eigenvalue weighted by molar-refractivity contribution is 0.0485. The number of rotatable bonds is 10. The van der Waals surface area contributed by atoms with Crippen LogP contribution in [0.2, 0.25) is 0 Å². The van der Waals surface area contributed by atoms with E-state index in [0.29, 0.717) is 60.8 Å². The van der Waals surface area contributed by atoms with Crippen molar-refractivity contribution in [3.8, 4) is 11.5 Å². The smallest absolute Gasteiger partial charge is 0.338 e. The number of carbonyl (C=O) groups excluding carboxylic acids is 3. The Morgan fingerprint density at radius 3 is 2.13 bits per heavy atom. The largest absolute Gasteiger partial charge is 0.490 e. The van der Waals surface area contributed by atoms with E-state index in [4.69, 9.17) is 14.2 Å². The molecule has 0 aromatic heterocycles. The van der Waals surface area contributed by atoms with Crippen molar-refractivity contribution in [2.45, 2.75) is 26.7 Å². The number of carbonyl (C=O) groups is 3. The summed E-state index contributed by atoms with van der Waals surface area (Å²) in [4.78, 5) is 38.2. The zero-order chi connectivity index (χ0) is 21.5. The summed E-state index contributed by atoms with van der Waals surface area (Å²) in [6.45, 7) is 5.17. The van der Waals surface area contributed by atoms with E-state index in [9.17, 15) is 14.4 Å². The van der Waals surface area contributed by atoms with Crippen LogP contribution >= 0.6 is 0 Å². The molecule has 1 heterocycles. The fraction of sp³-hybridized carbons (Fsp3) is 0.348. The van der Waals surface area contributed by atoms with Crippen LogP contribution in [0.4, 0.5) is 0 Å². The maximum absolute atomic E-state index is 12.3. The maximum Gasteiger partial charge on any atom is 0.338 e.